The number of carbonyl (C=O) groups is 2. The number of aliphatic hydroxyl groups excluding tert-OH is 1. The molecule has 7 heteroatoms. The smallest absolute Gasteiger partial charge is 0.237 e. The molecule has 0 aromatic heterocycles. The fraction of sp³-hybridized carbons (Fsp3) is 0.867. The van der Waals surface area contributed by atoms with Gasteiger partial charge in [-0.15, -0.1) is 0 Å². The summed E-state index contributed by atoms with van der Waals surface area (Å²) in [5, 5.41) is 19.7. The summed E-state index contributed by atoms with van der Waals surface area (Å²) < 4.78 is 0. The number of aliphatic hydroxyl groups is 1. The number of carbonyl (C=O) groups excluding carboxylic acids is 2. The van der Waals surface area contributed by atoms with E-state index in [2.05, 4.69) is 16.0 Å². The van der Waals surface area contributed by atoms with Crippen molar-refractivity contribution in [2.75, 3.05) is 39.3 Å². The molecule has 0 aliphatic carbocycles. The number of nitrogens with zero attached hydrogens (tertiary/aromatic N) is 1. The van der Waals surface area contributed by atoms with E-state index in [1.165, 1.54) is 0 Å². The van der Waals surface area contributed by atoms with Crippen LogP contribution in [0.3, 0.4) is 0 Å². The van der Waals surface area contributed by atoms with Crippen molar-refractivity contribution in [2.45, 2.75) is 37.8 Å². The topological polar surface area (TPSA) is 93.7 Å². The van der Waals surface area contributed by atoms with E-state index in [1.807, 2.05) is 0 Å². The van der Waals surface area contributed by atoms with Gasteiger partial charge >= 0.3 is 0 Å². The number of hydrogen-bond donors (Lipinski definition) is 4. The number of rotatable bonds is 5. The molecule has 3 aliphatic heterocycles. The van der Waals surface area contributed by atoms with Gasteiger partial charge in [-0.25, -0.2) is 0 Å². The Balaban J connectivity index is 1.52. The highest BCUT2D eigenvalue weighted by Crippen LogP contribution is 2.35. The molecule has 2 amide bonds. The van der Waals surface area contributed by atoms with Crippen molar-refractivity contribution in [2.24, 2.45) is 5.41 Å². The molecular formula is C15H26N4O3. The van der Waals surface area contributed by atoms with Crippen molar-refractivity contribution in [3.63, 3.8) is 0 Å². The van der Waals surface area contributed by atoms with Crippen molar-refractivity contribution in [1.82, 2.24) is 20.9 Å². The number of nitrogens with one attached hydrogen (secondary N) is 3. The molecule has 1 spiro atoms. The molecule has 3 heterocycles. The van der Waals surface area contributed by atoms with Crippen molar-refractivity contribution in [1.29, 1.82) is 0 Å². The lowest BCUT2D eigenvalue weighted by Gasteiger charge is -2.37. The molecule has 0 bridgehead atoms. The van der Waals surface area contributed by atoms with Gasteiger partial charge in [0.25, 0.3) is 0 Å². The fourth-order valence-corrected chi connectivity index (χ4v) is 3.91. The van der Waals surface area contributed by atoms with Crippen LogP contribution in [0.5, 0.6) is 0 Å². The Labute approximate surface area is 130 Å². The Morgan fingerprint density at radius 2 is 2.14 bits per heavy atom. The van der Waals surface area contributed by atoms with E-state index in [-0.39, 0.29) is 23.3 Å². The van der Waals surface area contributed by atoms with Crippen molar-refractivity contribution < 1.29 is 14.7 Å². The van der Waals surface area contributed by atoms with E-state index in [0.29, 0.717) is 26.1 Å². The summed E-state index contributed by atoms with van der Waals surface area (Å²) in [6.45, 7) is 4.00. The van der Waals surface area contributed by atoms with Crippen LogP contribution < -0.4 is 16.0 Å². The molecule has 3 saturated heterocycles. The van der Waals surface area contributed by atoms with Gasteiger partial charge in [0, 0.05) is 38.0 Å². The summed E-state index contributed by atoms with van der Waals surface area (Å²) in [6.07, 6.45) is 2.75. The quantitative estimate of drug-likeness (QED) is 0.492. The third-order valence-corrected chi connectivity index (χ3v) is 5.25. The highest BCUT2D eigenvalue weighted by molar-refractivity contribution is 5.85. The Hall–Kier alpha value is -1.18. The first-order chi connectivity index (χ1) is 10.6. The lowest BCUT2D eigenvalue weighted by Crippen LogP contribution is -2.53. The monoisotopic (exact) mass is 310 g/mol. The van der Waals surface area contributed by atoms with Gasteiger partial charge in [-0.2, -0.15) is 0 Å². The normalized spacial score (nSPS) is 29.1. The maximum Gasteiger partial charge on any atom is 0.237 e. The number of β-amino-alcohol motifs (C(OH)–C–C–N with tert-alkyl or cyclic N) is 1. The fourth-order valence-electron chi connectivity index (χ4n) is 3.91. The lowest BCUT2D eigenvalue weighted by molar-refractivity contribution is -0.129. The molecule has 124 valence electrons. The standard InChI is InChI=1S/C15H26N4O3/c20-11(9-19-7-1-2-12(19)21)8-17-13-14(22)18-10-15(13)3-5-16-6-4-15/h11,13,16-17,20H,1-10H2,(H,18,22). The zero-order valence-corrected chi connectivity index (χ0v) is 12.9. The molecule has 3 fully saturated rings. The summed E-state index contributed by atoms with van der Waals surface area (Å²) in [7, 11) is 0. The molecule has 0 aromatic carbocycles. The molecule has 7 nitrogen and oxygen atoms in total. The molecule has 0 aromatic rings. The largest absolute Gasteiger partial charge is 0.390 e. The number of likely N-dealkylation sites (tertiary alicyclic amines) is 1. The van der Waals surface area contributed by atoms with E-state index in [4.69, 9.17) is 0 Å². The zero-order valence-electron chi connectivity index (χ0n) is 12.9. The predicted molar refractivity (Wildman–Crippen MR) is 81.2 cm³/mol. The van der Waals surface area contributed by atoms with E-state index in [1.54, 1.807) is 4.90 Å². The Kier molecular flexibility index (Phi) is 4.65. The van der Waals surface area contributed by atoms with Crippen LogP contribution in [0, 0.1) is 5.41 Å². The molecule has 3 aliphatic rings. The average molecular weight is 310 g/mol. The van der Waals surface area contributed by atoms with Crippen LogP contribution in [0.25, 0.3) is 0 Å². The first-order valence-electron chi connectivity index (χ1n) is 8.28. The molecule has 3 rings (SSSR count). The van der Waals surface area contributed by atoms with Crippen LogP contribution in [0.4, 0.5) is 0 Å². The predicted octanol–water partition coefficient (Wildman–Crippen LogP) is -1.57. The van der Waals surface area contributed by atoms with Crippen molar-refractivity contribution in [3.8, 4) is 0 Å². The van der Waals surface area contributed by atoms with E-state index in [9.17, 15) is 14.7 Å². The minimum absolute atomic E-state index is 0.0337. The highest BCUT2D eigenvalue weighted by atomic mass is 16.3. The summed E-state index contributed by atoms with van der Waals surface area (Å²) in [4.78, 5) is 25.4. The van der Waals surface area contributed by atoms with Crippen LogP contribution in [0.2, 0.25) is 0 Å². The Bertz CT molecular complexity index is 437. The van der Waals surface area contributed by atoms with Gasteiger partial charge in [0.2, 0.25) is 11.8 Å². The maximum absolute atomic E-state index is 12.1. The molecule has 2 atom stereocenters. The average Bonchev–Trinajstić information content (AvgIpc) is 3.03. The number of piperidine rings is 1. The van der Waals surface area contributed by atoms with E-state index in [0.717, 1.165) is 38.9 Å². The van der Waals surface area contributed by atoms with Gasteiger partial charge in [-0.1, -0.05) is 0 Å². The van der Waals surface area contributed by atoms with Gasteiger partial charge in [0.05, 0.1) is 12.1 Å². The first-order valence-corrected chi connectivity index (χ1v) is 8.28. The van der Waals surface area contributed by atoms with Crippen LogP contribution >= 0.6 is 0 Å². The van der Waals surface area contributed by atoms with Crippen LogP contribution in [-0.2, 0) is 9.59 Å². The first kappa shape index (κ1) is 15.7. The second-order valence-corrected chi connectivity index (χ2v) is 6.77. The summed E-state index contributed by atoms with van der Waals surface area (Å²) in [5.41, 5.74) is -0.0362. The molecule has 2 unspecified atom stereocenters. The third kappa shape index (κ3) is 3.11. The summed E-state index contributed by atoms with van der Waals surface area (Å²) in [6, 6.07) is -0.237. The molecule has 22 heavy (non-hydrogen) atoms. The van der Waals surface area contributed by atoms with Crippen LogP contribution in [-0.4, -0.2) is 73.2 Å². The molecule has 4 N–H and O–H groups in total. The third-order valence-electron chi connectivity index (χ3n) is 5.25. The van der Waals surface area contributed by atoms with Gasteiger partial charge in [-0.05, 0) is 32.4 Å². The van der Waals surface area contributed by atoms with E-state index >= 15 is 0 Å². The summed E-state index contributed by atoms with van der Waals surface area (Å²) in [5.74, 6) is 0.152. The second-order valence-electron chi connectivity index (χ2n) is 6.77. The number of hydrogen-bond acceptors (Lipinski definition) is 5. The highest BCUT2D eigenvalue weighted by Gasteiger charge is 2.48. The maximum atomic E-state index is 12.1. The Morgan fingerprint density at radius 3 is 2.82 bits per heavy atom. The Morgan fingerprint density at radius 1 is 1.36 bits per heavy atom. The SMILES string of the molecule is O=C1NCC2(CCNCC2)C1NCC(O)CN1CCCC1=O. The number of amides is 2. The minimum Gasteiger partial charge on any atom is -0.390 e. The summed E-state index contributed by atoms with van der Waals surface area (Å²) >= 11 is 0. The molecule has 0 radical (unpaired) electrons. The minimum atomic E-state index is -0.630. The van der Waals surface area contributed by atoms with Gasteiger partial charge in [0.1, 0.15) is 0 Å². The van der Waals surface area contributed by atoms with Gasteiger partial charge in [0.15, 0.2) is 0 Å². The molecule has 0 saturated carbocycles. The lowest BCUT2D eigenvalue weighted by atomic mass is 9.75. The van der Waals surface area contributed by atoms with Crippen LogP contribution in [0.1, 0.15) is 25.7 Å². The van der Waals surface area contributed by atoms with E-state index < -0.39 is 6.10 Å². The van der Waals surface area contributed by atoms with Crippen molar-refractivity contribution in [3.05, 3.63) is 0 Å². The van der Waals surface area contributed by atoms with Gasteiger partial charge in [-0.3, -0.25) is 9.59 Å². The molecular weight excluding hydrogens is 284 g/mol. The van der Waals surface area contributed by atoms with Gasteiger partial charge < -0.3 is 26.0 Å². The second kappa shape index (κ2) is 6.52. The van der Waals surface area contributed by atoms with Crippen molar-refractivity contribution >= 4 is 11.8 Å². The van der Waals surface area contributed by atoms with Crippen LogP contribution in [0.15, 0.2) is 0 Å². The zero-order chi connectivity index (χ0) is 15.6.